The lowest BCUT2D eigenvalue weighted by molar-refractivity contribution is -0.129. The number of allylic oxidation sites excluding steroid dienone is 1. The highest BCUT2D eigenvalue weighted by Crippen LogP contribution is 2.19. The Morgan fingerprint density at radius 1 is 1.02 bits per heavy atom. The van der Waals surface area contributed by atoms with E-state index < -0.39 is 6.09 Å². The Morgan fingerprint density at radius 2 is 1.63 bits per heavy atom. The normalized spacial score (nSPS) is 13.5. The fourth-order valence-corrected chi connectivity index (χ4v) is 3.76. The molecule has 1 saturated heterocycles. The lowest BCUT2D eigenvalue weighted by atomic mass is 10.1. The fourth-order valence-electron chi connectivity index (χ4n) is 3.76. The van der Waals surface area contributed by atoms with Crippen LogP contribution in [0.15, 0.2) is 97.6 Å². The zero-order chi connectivity index (χ0) is 29.9. The maximum atomic E-state index is 12.0. The second-order valence-corrected chi connectivity index (χ2v) is 9.31. The molecule has 1 aliphatic heterocycles. The first-order valence-electron chi connectivity index (χ1n) is 13.6. The first-order valence-corrected chi connectivity index (χ1v) is 13.6. The van der Waals surface area contributed by atoms with E-state index in [1.165, 1.54) is 23.0 Å². The van der Waals surface area contributed by atoms with Crippen LogP contribution in [0.1, 0.15) is 36.5 Å². The minimum atomic E-state index is -0.532. The van der Waals surface area contributed by atoms with Gasteiger partial charge in [0.15, 0.2) is 0 Å². The van der Waals surface area contributed by atoms with E-state index in [9.17, 15) is 14.4 Å². The van der Waals surface area contributed by atoms with Gasteiger partial charge in [-0.1, -0.05) is 84.4 Å². The molecule has 1 unspecified atom stereocenters. The first kappa shape index (κ1) is 32.8. The highest BCUT2D eigenvalue weighted by atomic mass is 16.6. The van der Waals surface area contributed by atoms with E-state index in [-0.39, 0.29) is 31.1 Å². The smallest absolute Gasteiger partial charge is 0.416 e. The van der Waals surface area contributed by atoms with Gasteiger partial charge in [-0.2, -0.15) is 0 Å². The average molecular weight is 561 g/mol. The Balaban J connectivity index is 0.000000238. The van der Waals surface area contributed by atoms with Gasteiger partial charge < -0.3 is 19.9 Å². The number of carbonyl (C=O) groups excluding carboxylic acids is 3. The molecule has 3 amide bonds. The number of carbonyl (C=O) groups is 3. The van der Waals surface area contributed by atoms with E-state index in [1.54, 1.807) is 6.08 Å². The molecule has 1 heterocycles. The van der Waals surface area contributed by atoms with Crippen molar-refractivity contribution in [3.63, 3.8) is 0 Å². The molecule has 0 aromatic heterocycles. The van der Waals surface area contributed by atoms with E-state index in [2.05, 4.69) is 43.1 Å². The van der Waals surface area contributed by atoms with Crippen molar-refractivity contribution in [3.8, 4) is 5.75 Å². The van der Waals surface area contributed by atoms with Crippen LogP contribution in [-0.2, 0) is 27.4 Å². The quantitative estimate of drug-likeness (QED) is 0.329. The standard InChI is InChI=1S/C15H17NO3.C14H14O.C4H9NO2/c1-2-3-9-14(17)16-13(11-19-15(16)18)10-12-7-5-4-6-8-12;1-12-7-9-14(10-8-12)15-11-13-5-3-2-4-6-13;1-4(7)5-2-3-6/h2,4-8,13H,1,3,9-11H2;2-10H,11H2,1H3;6H,2-3H2,1H3,(H,5,7). The van der Waals surface area contributed by atoms with Crippen LogP contribution in [0.2, 0.25) is 0 Å². The van der Waals surface area contributed by atoms with Crippen LogP contribution in [0, 0.1) is 6.92 Å². The number of rotatable bonds is 10. The van der Waals surface area contributed by atoms with Gasteiger partial charge in [-0.15, -0.1) is 6.58 Å². The number of hydrogen-bond acceptors (Lipinski definition) is 6. The number of ether oxygens (including phenoxy) is 2. The largest absolute Gasteiger partial charge is 0.489 e. The summed E-state index contributed by atoms with van der Waals surface area (Å²) >= 11 is 0. The van der Waals surface area contributed by atoms with Crippen LogP contribution in [0.5, 0.6) is 5.75 Å². The molecule has 218 valence electrons. The molecular weight excluding hydrogens is 520 g/mol. The van der Waals surface area contributed by atoms with Gasteiger partial charge in [-0.25, -0.2) is 9.69 Å². The van der Waals surface area contributed by atoms with Gasteiger partial charge in [0.05, 0.1) is 12.6 Å². The molecule has 1 aliphatic rings. The first-order chi connectivity index (χ1) is 19.8. The third kappa shape index (κ3) is 13.0. The average Bonchev–Trinajstić information content (AvgIpc) is 3.35. The van der Waals surface area contributed by atoms with E-state index >= 15 is 0 Å². The van der Waals surface area contributed by atoms with E-state index in [4.69, 9.17) is 14.6 Å². The number of amides is 3. The minimum Gasteiger partial charge on any atom is -0.489 e. The SMILES string of the molecule is C=CCCC(=O)N1C(=O)OCC1Cc1ccccc1.CC(=O)NCCO.Cc1ccc(OCc2ccccc2)cc1. The van der Waals surface area contributed by atoms with Crippen molar-refractivity contribution in [1.82, 2.24) is 10.2 Å². The summed E-state index contributed by atoms with van der Waals surface area (Å²) in [4.78, 5) is 34.9. The summed E-state index contributed by atoms with van der Waals surface area (Å²) in [6.07, 6.45) is 2.64. The number of cyclic esters (lactones) is 1. The summed E-state index contributed by atoms with van der Waals surface area (Å²) in [5.74, 6) is 0.627. The fraction of sp³-hybridized carbons (Fsp3) is 0.303. The summed E-state index contributed by atoms with van der Waals surface area (Å²) < 4.78 is 10.6. The topological polar surface area (TPSA) is 105 Å². The summed E-state index contributed by atoms with van der Waals surface area (Å²) in [7, 11) is 0. The van der Waals surface area contributed by atoms with Crippen LogP contribution >= 0.6 is 0 Å². The van der Waals surface area contributed by atoms with Gasteiger partial charge >= 0.3 is 6.09 Å². The van der Waals surface area contributed by atoms with E-state index in [1.807, 2.05) is 60.7 Å². The number of benzene rings is 3. The summed E-state index contributed by atoms with van der Waals surface area (Å²) in [6.45, 7) is 8.33. The third-order valence-electron chi connectivity index (χ3n) is 5.86. The van der Waals surface area contributed by atoms with Gasteiger partial charge in [0, 0.05) is 19.9 Å². The number of imide groups is 1. The van der Waals surface area contributed by atoms with Gasteiger partial charge in [-0.05, 0) is 43.0 Å². The molecule has 8 heteroatoms. The lowest BCUT2D eigenvalue weighted by Gasteiger charge is -2.19. The molecule has 3 aromatic carbocycles. The zero-order valence-electron chi connectivity index (χ0n) is 23.8. The van der Waals surface area contributed by atoms with Crippen molar-refractivity contribution in [1.29, 1.82) is 0 Å². The molecule has 4 rings (SSSR count). The van der Waals surface area contributed by atoms with Gasteiger partial charge in [-0.3, -0.25) is 9.59 Å². The number of nitrogens with one attached hydrogen (secondary N) is 1. The van der Waals surface area contributed by atoms with Gasteiger partial charge in [0.2, 0.25) is 11.8 Å². The van der Waals surface area contributed by atoms with E-state index in [0.717, 1.165) is 11.3 Å². The number of aliphatic hydroxyl groups excluding tert-OH is 1. The third-order valence-corrected chi connectivity index (χ3v) is 5.86. The van der Waals surface area contributed by atoms with Crippen LogP contribution in [0.3, 0.4) is 0 Å². The Bertz CT molecular complexity index is 1200. The van der Waals surface area contributed by atoms with E-state index in [0.29, 0.717) is 32.4 Å². The molecule has 0 spiro atoms. The Labute approximate surface area is 242 Å². The Kier molecular flexibility index (Phi) is 15.0. The van der Waals surface area contributed by atoms with Crippen molar-refractivity contribution in [2.75, 3.05) is 19.8 Å². The van der Waals surface area contributed by atoms with Crippen LogP contribution in [0.4, 0.5) is 4.79 Å². The molecular formula is C33H40N2O6. The summed E-state index contributed by atoms with van der Waals surface area (Å²) in [5.41, 5.74) is 3.53. The molecule has 3 aromatic rings. The predicted octanol–water partition coefficient (Wildman–Crippen LogP) is 5.23. The molecule has 0 radical (unpaired) electrons. The lowest BCUT2D eigenvalue weighted by Crippen LogP contribution is -2.40. The molecule has 8 nitrogen and oxygen atoms in total. The van der Waals surface area contributed by atoms with Gasteiger partial charge in [0.1, 0.15) is 19.0 Å². The number of nitrogens with zero attached hydrogens (tertiary/aromatic N) is 1. The van der Waals surface area contributed by atoms with Crippen molar-refractivity contribution in [2.24, 2.45) is 0 Å². The molecule has 0 bridgehead atoms. The summed E-state index contributed by atoms with van der Waals surface area (Å²) in [6, 6.07) is 27.9. The second kappa shape index (κ2) is 18.8. The van der Waals surface area contributed by atoms with Crippen molar-refractivity contribution >= 4 is 17.9 Å². The second-order valence-electron chi connectivity index (χ2n) is 9.31. The highest BCUT2D eigenvalue weighted by molar-refractivity contribution is 5.93. The Hall–Kier alpha value is -4.43. The van der Waals surface area contributed by atoms with Gasteiger partial charge in [0.25, 0.3) is 0 Å². The summed E-state index contributed by atoms with van der Waals surface area (Å²) in [5, 5.41) is 10.5. The van der Waals surface area contributed by atoms with Crippen LogP contribution in [0.25, 0.3) is 0 Å². The van der Waals surface area contributed by atoms with Crippen molar-refractivity contribution in [2.45, 2.75) is 45.8 Å². The molecule has 0 saturated carbocycles. The molecule has 1 atom stereocenters. The maximum Gasteiger partial charge on any atom is 0.416 e. The van der Waals surface area contributed by atoms with Crippen molar-refractivity contribution in [3.05, 3.63) is 114 Å². The van der Waals surface area contributed by atoms with Crippen molar-refractivity contribution < 1.29 is 29.0 Å². The molecule has 41 heavy (non-hydrogen) atoms. The molecule has 2 N–H and O–H groups in total. The number of hydrogen-bond donors (Lipinski definition) is 2. The monoisotopic (exact) mass is 560 g/mol. The zero-order valence-corrected chi connectivity index (χ0v) is 23.8. The van der Waals surface area contributed by atoms with Crippen LogP contribution in [-0.4, -0.2) is 53.7 Å². The maximum absolute atomic E-state index is 12.0. The highest BCUT2D eigenvalue weighted by Gasteiger charge is 2.37. The molecule has 0 aliphatic carbocycles. The number of aryl methyl sites for hydroxylation is 1. The van der Waals surface area contributed by atoms with Crippen LogP contribution < -0.4 is 10.1 Å². The molecule has 1 fully saturated rings. The predicted molar refractivity (Wildman–Crippen MR) is 159 cm³/mol. The Morgan fingerprint density at radius 3 is 2.17 bits per heavy atom. The minimum absolute atomic E-state index is 0.0135. The number of aliphatic hydroxyl groups is 1.